The van der Waals surface area contributed by atoms with E-state index in [0.717, 1.165) is 17.1 Å². The topological polar surface area (TPSA) is 38.2 Å². The summed E-state index contributed by atoms with van der Waals surface area (Å²) in [6, 6.07) is 0. The van der Waals surface area contributed by atoms with E-state index in [4.69, 9.17) is 0 Å². The van der Waals surface area contributed by atoms with E-state index >= 15 is 0 Å². The minimum Gasteiger partial charge on any atom is -0.356 e. The molecular formula is C21H36F3N3O. The summed E-state index contributed by atoms with van der Waals surface area (Å²) in [6.07, 6.45) is -1.28. The first kappa shape index (κ1) is 26.4. The number of halogens is 3. The van der Waals surface area contributed by atoms with Crippen LogP contribution in [-0.2, 0) is 4.74 Å². The van der Waals surface area contributed by atoms with Crippen molar-refractivity contribution in [3.8, 4) is 0 Å². The summed E-state index contributed by atoms with van der Waals surface area (Å²) in [6.45, 7) is 17.0. The summed E-state index contributed by atoms with van der Waals surface area (Å²) in [5.41, 5.74) is 3.35. The maximum Gasteiger partial charge on any atom is 0.522 e. The van der Waals surface area contributed by atoms with E-state index in [1.165, 1.54) is 12.0 Å². The van der Waals surface area contributed by atoms with Crippen LogP contribution in [0.3, 0.4) is 0 Å². The second kappa shape index (κ2) is 12.8. The molecule has 0 radical (unpaired) electrons. The number of piperidine rings is 1. The lowest BCUT2D eigenvalue weighted by molar-refractivity contribution is -0.344. The summed E-state index contributed by atoms with van der Waals surface area (Å²) in [5, 5.41) is 0. The van der Waals surface area contributed by atoms with Gasteiger partial charge in [0.05, 0.1) is 6.10 Å². The summed E-state index contributed by atoms with van der Waals surface area (Å²) < 4.78 is 40.6. The van der Waals surface area contributed by atoms with Crippen LogP contribution >= 0.6 is 0 Å². The van der Waals surface area contributed by atoms with Crippen molar-refractivity contribution in [2.75, 3.05) is 18.0 Å². The van der Waals surface area contributed by atoms with Gasteiger partial charge in [-0.05, 0) is 53.9 Å². The summed E-state index contributed by atoms with van der Waals surface area (Å²) >= 11 is 0. The smallest absolute Gasteiger partial charge is 0.356 e. The average Bonchev–Trinajstić information content (AvgIpc) is 2.65. The highest BCUT2D eigenvalue weighted by Gasteiger charge is 2.35. The highest BCUT2D eigenvalue weighted by atomic mass is 19.4. The molecule has 1 fully saturated rings. The molecular weight excluding hydrogens is 367 g/mol. The van der Waals surface area contributed by atoms with Crippen LogP contribution < -0.4 is 4.90 Å². The molecule has 7 heteroatoms. The van der Waals surface area contributed by atoms with Gasteiger partial charge in [0.15, 0.2) is 0 Å². The van der Waals surface area contributed by atoms with E-state index in [0.29, 0.717) is 31.8 Å². The fourth-order valence-electron chi connectivity index (χ4n) is 2.64. The van der Waals surface area contributed by atoms with Crippen molar-refractivity contribution < 1.29 is 17.9 Å². The van der Waals surface area contributed by atoms with Crippen molar-refractivity contribution in [2.45, 2.75) is 87.1 Å². The van der Waals surface area contributed by atoms with Crippen molar-refractivity contribution in [1.82, 2.24) is 9.97 Å². The van der Waals surface area contributed by atoms with E-state index in [1.54, 1.807) is 0 Å². The number of aromatic nitrogens is 2. The largest absolute Gasteiger partial charge is 0.522 e. The quantitative estimate of drug-likeness (QED) is 0.556. The molecule has 1 aliphatic heterocycles. The second-order valence-corrected chi connectivity index (χ2v) is 6.54. The Morgan fingerprint density at radius 1 is 1.14 bits per heavy atom. The number of anilines is 1. The van der Waals surface area contributed by atoms with Gasteiger partial charge in [-0.1, -0.05) is 32.4 Å². The van der Waals surface area contributed by atoms with E-state index in [9.17, 15) is 13.2 Å². The van der Waals surface area contributed by atoms with E-state index in [-0.39, 0.29) is 0 Å². The van der Waals surface area contributed by atoms with Crippen molar-refractivity contribution in [3.63, 3.8) is 0 Å². The number of rotatable bonds is 3. The number of hydrogen-bond acceptors (Lipinski definition) is 4. The Labute approximate surface area is 168 Å². The first-order chi connectivity index (χ1) is 13.1. The van der Waals surface area contributed by atoms with Crippen LogP contribution in [0.15, 0.2) is 11.6 Å². The van der Waals surface area contributed by atoms with E-state index < -0.39 is 12.5 Å². The molecule has 0 spiro atoms. The molecule has 4 nitrogen and oxygen atoms in total. The molecule has 28 heavy (non-hydrogen) atoms. The number of aryl methyl sites for hydroxylation is 2. The predicted octanol–water partition coefficient (Wildman–Crippen LogP) is 6.30. The first-order valence-corrected chi connectivity index (χ1v) is 10.0. The van der Waals surface area contributed by atoms with Crippen LogP contribution in [0.2, 0.25) is 0 Å². The maximum absolute atomic E-state index is 12.2. The van der Waals surface area contributed by atoms with Crippen LogP contribution in [0, 0.1) is 20.8 Å². The lowest BCUT2D eigenvalue weighted by atomic mass is 10.1. The Bertz CT molecular complexity index is 608. The monoisotopic (exact) mass is 403 g/mol. The molecule has 1 aliphatic rings. The molecule has 0 aliphatic carbocycles. The number of hydrogen-bond donors (Lipinski definition) is 0. The number of ether oxygens (including phenoxy) is 1. The van der Waals surface area contributed by atoms with Gasteiger partial charge in [0.25, 0.3) is 0 Å². The van der Waals surface area contributed by atoms with Crippen molar-refractivity contribution in [1.29, 1.82) is 0 Å². The first-order valence-electron chi connectivity index (χ1n) is 10.0. The highest BCUT2D eigenvalue weighted by molar-refractivity contribution is 5.48. The number of nitrogens with zero attached hydrogens (tertiary/aromatic N) is 3. The van der Waals surface area contributed by atoms with Crippen LogP contribution in [-0.4, -0.2) is 35.5 Å². The molecule has 0 amide bonds. The normalized spacial score (nSPS) is 15.4. The second-order valence-electron chi connectivity index (χ2n) is 6.54. The fourth-order valence-corrected chi connectivity index (χ4v) is 2.64. The van der Waals surface area contributed by atoms with Gasteiger partial charge in [0.1, 0.15) is 11.6 Å². The summed E-state index contributed by atoms with van der Waals surface area (Å²) in [5.74, 6) is 1.50. The van der Waals surface area contributed by atoms with Gasteiger partial charge >= 0.3 is 6.36 Å². The standard InChI is InChI=1S/C13H18F3N3O.C6H12.C2H6/c1-8-9(2)17-10(3)18-12(8)19-6-4-11(5-7-19)20-13(14,15)16;1-4-6(3)5-2;1-2/h11H,4-7H2,1-3H3;4H,5H2,1-3H3;1-2H3/b;6-4+;. The Balaban J connectivity index is 0.000000780. The molecule has 2 rings (SSSR count). The summed E-state index contributed by atoms with van der Waals surface area (Å²) in [7, 11) is 0. The molecule has 1 aromatic rings. The maximum atomic E-state index is 12.2. The molecule has 0 saturated carbocycles. The average molecular weight is 404 g/mol. The lowest BCUT2D eigenvalue weighted by Gasteiger charge is -2.33. The minimum atomic E-state index is -4.55. The third-order valence-electron chi connectivity index (χ3n) is 4.57. The number of alkyl halides is 3. The molecule has 1 aromatic heterocycles. The van der Waals surface area contributed by atoms with Gasteiger partial charge in [-0.2, -0.15) is 0 Å². The molecule has 162 valence electrons. The van der Waals surface area contributed by atoms with Crippen LogP contribution in [0.1, 0.15) is 71.0 Å². The Morgan fingerprint density at radius 3 is 2.07 bits per heavy atom. The van der Waals surface area contributed by atoms with Gasteiger partial charge in [-0.25, -0.2) is 9.97 Å². The van der Waals surface area contributed by atoms with Gasteiger partial charge in [0.2, 0.25) is 0 Å². The Morgan fingerprint density at radius 2 is 1.68 bits per heavy atom. The molecule has 0 atom stereocenters. The Kier molecular flexibility index (Phi) is 12.0. The Hall–Kier alpha value is -1.63. The van der Waals surface area contributed by atoms with Crippen molar-refractivity contribution >= 4 is 5.82 Å². The van der Waals surface area contributed by atoms with Gasteiger partial charge < -0.3 is 4.90 Å². The molecule has 0 bridgehead atoms. The third-order valence-corrected chi connectivity index (χ3v) is 4.57. The number of allylic oxidation sites excluding steroid dienone is 2. The molecule has 1 saturated heterocycles. The minimum absolute atomic E-state index is 0.348. The summed E-state index contributed by atoms with van der Waals surface area (Å²) in [4.78, 5) is 10.7. The van der Waals surface area contributed by atoms with Gasteiger partial charge in [-0.3, -0.25) is 4.74 Å². The van der Waals surface area contributed by atoms with E-state index in [2.05, 4.69) is 41.6 Å². The highest BCUT2D eigenvalue weighted by Crippen LogP contribution is 2.27. The van der Waals surface area contributed by atoms with Crippen molar-refractivity contribution in [2.24, 2.45) is 0 Å². The van der Waals surface area contributed by atoms with Crippen LogP contribution in [0.4, 0.5) is 19.0 Å². The molecule has 0 aromatic carbocycles. The zero-order chi connectivity index (χ0) is 21.9. The van der Waals surface area contributed by atoms with Crippen LogP contribution in [0.25, 0.3) is 0 Å². The zero-order valence-corrected chi connectivity index (χ0v) is 18.6. The van der Waals surface area contributed by atoms with Gasteiger partial charge in [-0.15, -0.1) is 13.2 Å². The van der Waals surface area contributed by atoms with Gasteiger partial charge in [0, 0.05) is 24.3 Å². The molecule has 0 N–H and O–H groups in total. The predicted molar refractivity (Wildman–Crippen MR) is 110 cm³/mol. The van der Waals surface area contributed by atoms with Crippen molar-refractivity contribution in [3.05, 3.63) is 28.7 Å². The molecule has 0 unspecified atom stereocenters. The lowest BCUT2D eigenvalue weighted by Crippen LogP contribution is -2.40. The molecule has 2 heterocycles. The fraction of sp³-hybridized carbons (Fsp3) is 0.714. The third kappa shape index (κ3) is 9.53. The van der Waals surface area contributed by atoms with E-state index in [1.807, 2.05) is 39.5 Å². The SMILES string of the molecule is C/C=C(\C)CC.CC.Cc1nc(C)c(C)c(N2CCC(OC(F)(F)F)CC2)n1. The zero-order valence-electron chi connectivity index (χ0n) is 18.6. The van der Waals surface area contributed by atoms with Crippen LogP contribution in [0.5, 0.6) is 0 Å².